The molecule has 1 aliphatic heterocycles. The third-order valence-corrected chi connectivity index (χ3v) is 6.53. The molecule has 0 bridgehead atoms. The van der Waals surface area contributed by atoms with Crippen molar-refractivity contribution >= 4 is 44.4 Å². The number of amides is 2. The molecule has 2 amide bonds. The van der Waals surface area contributed by atoms with Crippen molar-refractivity contribution in [1.29, 1.82) is 5.26 Å². The minimum atomic E-state index is -2.79. The van der Waals surface area contributed by atoms with E-state index in [1.807, 2.05) is 0 Å². The van der Waals surface area contributed by atoms with Crippen LogP contribution in [-0.2, 0) is 14.5 Å². The molecule has 0 radical (unpaired) electrons. The van der Waals surface area contributed by atoms with E-state index >= 15 is 0 Å². The number of aryl methyl sites for hydroxylation is 1. The lowest BCUT2D eigenvalue weighted by Gasteiger charge is -2.24. The van der Waals surface area contributed by atoms with E-state index in [1.54, 1.807) is 13.8 Å². The van der Waals surface area contributed by atoms with E-state index in [2.05, 4.69) is 32.1 Å². The predicted octanol–water partition coefficient (Wildman–Crippen LogP) is 2.19. The van der Waals surface area contributed by atoms with Gasteiger partial charge in [0.05, 0.1) is 17.3 Å². The van der Waals surface area contributed by atoms with Gasteiger partial charge < -0.3 is 15.0 Å². The van der Waals surface area contributed by atoms with Crippen molar-refractivity contribution in [3.05, 3.63) is 47.7 Å². The maximum absolute atomic E-state index is 14.2. The molecule has 3 atom stereocenters. The number of likely N-dealkylation sites (tertiary alicyclic amines) is 1. The van der Waals surface area contributed by atoms with Crippen molar-refractivity contribution in [1.82, 2.24) is 24.2 Å². The largest absolute Gasteiger partial charge is 0.479 e. The molecule has 3 heterocycles. The van der Waals surface area contributed by atoms with Crippen LogP contribution in [0.25, 0.3) is 5.52 Å². The molecule has 0 aliphatic carbocycles. The van der Waals surface area contributed by atoms with E-state index in [4.69, 9.17) is 4.74 Å². The molecule has 2 aromatic heterocycles. The average Bonchev–Trinajstić information content (AvgIpc) is 3.44. The first-order valence-corrected chi connectivity index (χ1v) is 13.5. The number of halogens is 1. The first-order valence-electron chi connectivity index (χ1n) is 11.4. The minimum Gasteiger partial charge on any atom is -0.479 e. The number of aromatic nitrogens is 3. The standard InChI is InChI=1S/C24H26FN7O4S/c1-14-18(23(33)30-37(3,4)35)12-32-21(14)22(27-13-28-32)29-19-8-7-16(25)10-20(19)36-15(2)24(34)31-9-5-6-17(31)11-26/h7-8,10,12-13,15,17H,3,5-6,9H2,1-2,4H3,(H,27,28,29)(H,30,33,35). The number of fused-ring (bicyclic) bond motifs is 1. The molecule has 11 nitrogen and oxygen atoms in total. The van der Waals surface area contributed by atoms with Gasteiger partial charge in [-0.2, -0.15) is 10.4 Å². The van der Waals surface area contributed by atoms with Crippen molar-refractivity contribution in [2.75, 3.05) is 18.1 Å². The molecule has 194 valence electrons. The van der Waals surface area contributed by atoms with Crippen LogP contribution in [0.1, 0.15) is 35.7 Å². The lowest BCUT2D eigenvalue weighted by Crippen LogP contribution is -2.42. The van der Waals surface area contributed by atoms with Crippen molar-refractivity contribution < 1.29 is 22.9 Å². The summed E-state index contributed by atoms with van der Waals surface area (Å²) in [5.41, 5.74) is 1.51. The Kier molecular flexibility index (Phi) is 7.04. The van der Waals surface area contributed by atoms with Gasteiger partial charge in [-0.25, -0.2) is 18.1 Å². The third-order valence-electron chi connectivity index (χ3n) is 5.91. The van der Waals surface area contributed by atoms with Gasteiger partial charge in [0.2, 0.25) is 0 Å². The second kappa shape index (κ2) is 10.1. The Morgan fingerprint density at radius 1 is 1.41 bits per heavy atom. The van der Waals surface area contributed by atoms with Crippen LogP contribution in [-0.4, -0.2) is 66.3 Å². The summed E-state index contributed by atoms with van der Waals surface area (Å²) < 4.78 is 35.7. The first-order chi connectivity index (χ1) is 17.5. The smallest absolute Gasteiger partial charge is 0.264 e. The van der Waals surface area contributed by atoms with Crippen molar-refractivity contribution in [3.8, 4) is 11.8 Å². The number of carbonyl (C=O) groups excluding carboxylic acids is 2. The van der Waals surface area contributed by atoms with Gasteiger partial charge in [0, 0.05) is 34.8 Å². The van der Waals surface area contributed by atoms with Crippen LogP contribution in [0.5, 0.6) is 5.75 Å². The molecule has 1 saturated heterocycles. The number of anilines is 2. The van der Waals surface area contributed by atoms with Gasteiger partial charge in [-0.1, -0.05) is 0 Å². The lowest BCUT2D eigenvalue weighted by molar-refractivity contribution is -0.137. The molecule has 3 aromatic rings. The van der Waals surface area contributed by atoms with Crippen LogP contribution < -0.4 is 14.8 Å². The summed E-state index contributed by atoms with van der Waals surface area (Å²) in [5, 5.41) is 16.5. The van der Waals surface area contributed by atoms with Crippen LogP contribution in [0.3, 0.4) is 0 Å². The van der Waals surface area contributed by atoms with Crippen molar-refractivity contribution in [2.45, 2.75) is 38.8 Å². The third kappa shape index (κ3) is 5.49. The summed E-state index contributed by atoms with van der Waals surface area (Å²) in [6.45, 7) is 3.69. The molecular weight excluding hydrogens is 501 g/mol. The molecule has 4 rings (SSSR count). The molecule has 1 aliphatic rings. The van der Waals surface area contributed by atoms with E-state index in [1.165, 1.54) is 40.3 Å². The first kappa shape index (κ1) is 25.9. The fourth-order valence-electron chi connectivity index (χ4n) is 4.20. The summed E-state index contributed by atoms with van der Waals surface area (Å²) in [6, 6.07) is 5.43. The number of ether oxygens (including phenoxy) is 1. The van der Waals surface area contributed by atoms with Crippen LogP contribution in [0.15, 0.2) is 30.7 Å². The molecule has 2 N–H and O–H groups in total. The van der Waals surface area contributed by atoms with E-state index in [0.717, 1.165) is 12.5 Å². The molecule has 3 unspecified atom stereocenters. The summed E-state index contributed by atoms with van der Waals surface area (Å²) in [4.78, 5) is 31.3. The normalized spacial score (nSPS) is 17.6. The highest BCUT2D eigenvalue weighted by Crippen LogP contribution is 2.32. The van der Waals surface area contributed by atoms with Crippen molar-refractivity contribution in [2.24, 2.45) is 0 Å². The molecule has 1 fully saturated rings. The quantitative estimate of drug-likeness (QED) is 0.446. The molecular formula is C24H26FN7O4S. The van der Waals surface area contributed by atoms with Gasteiger partial charge in [0.15, 0.2) is 11.9 Å². The van der Waals surface area contributed by atoms with Crippen molar-refractivity contribution in [3.63, 3.8) is 0 Å². The number of rotatable bonds is 7. The highest BCUT2D eigenvalue weighted by Gasteiger charge is 2.32. The molecule has 37 heavy (non-hydrogen) atoms. The van der Waals surface area contributed by atoms with Gasteiger partial charge in [0.25, 0.3) is 11.8 Å². The molecule has 13 heteroatoms. The molecule has 0 spiro atoms. The lowest BCUT2D eigenvalue weighted by atomic mass is 10.2. The fraction of sp³-hybridized carbons (Fsp3) is 0.333. The Morgan fingerprint density at radius 2 is 2.16 bits per heavy atom. The topological polar surface area (TPSA) is 142 Å². The number of nitriles is 1. The van der Waals surface area contributed by atoms with Gasteiger partial charge in [-0.3, -0.25) is 14.3 Å². The Morgan fingerprint density at radius 3 is 2.86 bits per heavy atom. The van der Waals surface area contributed by atoms with Crippen LogP contribution in [0.4, 0.5) is 15.9 Å². The number of hydrogen-bond donors (Lipinski definition) is 2. The number of carbonyl (C=O) groups is 2. The van der Waals surface area contributed by atoms with Gasteiger partial charge >= 0.3 is 0 Å². The van der Waals surface area contributed by atoms with Gasteiger partial charge in [-0.05, 0) is 50.3 Å². The van der Waals surface area contributed by atoms with Gasteiger partial charge in [0.1, 0.15) is 29.5 Å². The van der Waals surface area contributed by atoms with Crippen LogP contribution >= 0.6 is 0 Å². The van der Waals surface area contributed by atoms with Crippen LogP contribution in [0.2, 0.25) is 0 Å². The maximum atomic E-state index is 14.2. The summed E-state index contributed by atoms with van der Waals surface area (Å²) in [5.74, 6) is 2.29. The summed E-state index contributed by atoms with van der Waals surface area (Å²) in [6.07, 6.45) is 4.42. The van der Waals surface area contributed by atoms with E-state index in [-0.39, 0.29) is 23.0 Å². The summed E-state index contributed by atoms with van der Waals surface area (Å²) in [7, 11) is -2.79. The van der Waals surface area contributed by atoms with Crippen LogP contribution in [0, 0.1) is 24.1 Å². The Balaban J connectivity index is 1.64. The van der Waals surface area contributed by atoms with Gasteiger partial charge in [-0.15, -0.1) is 0 Å². The fourth-order valence-corrected chi connectivity index (χ4v) is 4.70. The number of nitrogens with zero attached hydrogens (tertiary/aromatic N) is 5. The minimum absolute atomic E-state index is 0.0651. The maximum Gasteiger partial charge on any atom is 0.264 e. The zero-order chi connectivity index (χ0) is 26.9. The Hall–Kier alpha value is -4.18. The molecule has 1 aromatic carbocycles. The molecule has 0 saturated carbocycles. The Bertz CT molecular complexity index is 1530. The zero-order valence-electron chi connectivity index (χ0n) is 20.5. The second-order valence-electron chi connectivity index (χ2n) is 8.85. The second-order valence-corrected chi connectivity index (χ2v) is 11.1. The highest BCUT2D eigenvalue weighted by atomic mass is 32.2. The number of hydrogen-bond acceptors (Lipinski definition) is 8. The van der Waals surface area contributed by atoms with E-state index < -0.39 is 33.6 Å². The predicted molar refractivity (Wildman–Crippen MR) is 136 cm³/mol. The van der Waals surface area contributed by atoms with E-state index in [0.29, 0.717) is 29.7 Å². The zero-order valence-corrected chi connectivity index (χ0v) is 21.3. The Labute approximate surface area is 213 Å². The monoisotopic (exact) mass is 527 g/mol. The number of benzene rings is 1. The highest BCUT2D eigenvalue weighted by molar-refractivity contribution is 7.98. The average molecular weight is 528 g/mol. The summed E-state index contributed by atoms with van der Waals surface area (Å²) >= 11 is 0. The van der Waals surface area contributed by atoms with E-state index in [9.17, 15) is 23.5 Å². The SMILES string of the molecule is C=S(C)(=O)NC(=O)c1cn2ncnc(Nc3ccc(F)cc3OC(C)C(=O)N3CCCC3C#N)c2c1C. The number of nitrogens with one attached hydrogen (secondary N) is 2.